The van der Waals surface area contributed by atoms with Crippen molar-refractivity contribution < 1.29 is 4.74 Å². The smallest absolute Gasteiger partial charge is 0.191 e. The van der Waals surface area contributed by atoms with Crippen molar-refractivity contribution in [1.29, 1.82) is 0 Å². The number of rotatable bonds is 4. The number of nitrogens with zero attached hydrogens (tertiary/aromatic N) is 1. The van der Waals surface area contributed by atoms with Crippen LogP contribution in [-0.2, 0) is 11.2 Å². The Kier molecular flexibility index (Phi) is 4.90. The van der Waals surface area contributed by atoms with E-state index in [1.807, 2.05) is 7.05 Å². The van der Waals surface area contributed by atoms with Crippen molar-refractivity contribution in [3.63, 3.8) is 0 Å². The summed E-state index contributed by atoms with van der Waals surface area (Å²) in [5.74, 6) is 0.897. The molecule has 2 aliphatic heterocycles. The Morgan fingerprint density at radius 3 is 2.52 bits per heavy atom. The molecule has 3 rings (SSSR count). The average Bonchev–Trinajstić information content (AvgIpc) is 3.11. The molecule has 3 unspecified atom stereocenters. The van der Waals surface area contributed by atoms with Gasteiger partial charge in [0.25, 0.3) is 0 Å². The van der Waals surface area contributed by atoms with Crippen molar-refractivity contribution >= 4 is 5.96 Å². The second-order valence-electron chi connectivity index (χ2n) is 6.99. The van der Waals surface area contributed by atoms with Crippen LogP contribution in [0.2, 0.25) is 0 Å². The van der Waals surface area contributed by atoms with Gasteiger partial charge in [0.1, 0.15) is 0 Å². The summed E-state index contributed by atoms with van der Waals surface area (Å²) in [6.45, 7) is 7.46. The number of ether oxygens (including phenoxy) is 1. The fourth-order valence-electron chi connectivity index (χ4n) is 4.07. The molecule has 0 aliphatic carbocycles. The Morgan fingerprint density at radius 2 is 1.96 bits per heavy atom. The van der Waals surface area contributed by atoms with Crippen LogP contribution >= 0.6 is 0 Å². The first-order valence-corrected chi connectivity index (χ1v) is 8.76. The number of nitrogens with one attached hydrogen (secondary N) is 2. The monoisotopic (exact) mass is 315 g/mol. The maximum Gasteiger partial charge on any atom is 0.191 e. The highest BCUT2D eigenvalue weighted by Gasteiger charge is 2.41. The summed E-state index contributed by atoms with van der Waals surface area (Å²) < 4.78 is 5.90. The Balaban J connectivity index is 1.51. The van der Waals surface area contributed by atoms with E-state index in [-0.39, 0.29) is 0 Å². The molecule has 2 heterocycles. The lowest BCUT2D eigenvalue weighted by atomic mass is 9.96. The molecule has 23 heavy (non-hydrogen) atoms. The molecule has 1 aromatic carbocycles. The Hall–Kier alpha value is -1.55. The molecule has 0 aromatic heterocycles. The van der Waals surface area contributed by atoms with Crippen LogP contribution in [0.1, 0.15) is 41.5 Å². The molecule has 0 saturated carbocycles. The van der Waals surface area contributed by atoms with Crippen molar-refractivity contribution in [1.82, 2.24) is 10.6 Å². The van der Waals surface area contributed by atoms with Crippen molar-refractivity contribution in [3.05, 3.63) is 34.4 Å². The van der Waals surface area contributed by atoms with Crippen molar-refractivity contribution in [2.75, 3.05) is 13.6 Å². The van der Waals surface area contributed by atoms with Gasteiger partial charge < -0.3 is 15.4 Å². The molecule has 0 radical (unpaired) electrons. The first-order chi connectivity index (χ1) is 11.1. The van der Waals surface area contributed by atoms with Crippen molar-refractivity contribution in [2.45, 2.75) is 64.7 Å². The second-order valence-corrected chi connectivity index (χ2v) is 6.99. The number of benzene rings is 1. The highest BCUT2D eigenvalue weighted by atomic mass is 16.5. The molecule has 2 bridgehead atoms. The summed E-state index contributed by atoms with van der Waals surface area (Å²) in [7, 11) is 1.84. The van der Waals surface area contributed by atoms with Gasteiger partial charge in [0.15, 0.2) is 5.96 Å². The lowest BCUT2D eigenvalue weighted by Crippen LogP contribution is -2.47. The van der Waals surface area contributed by atoms with Gasteiger partial charge in [-0.25, -0.2) is 0 Å². The van der Waals surface area contributed by atoms with Gasteiger partial charge in [-0.15, -0.1) is 0 Å². The fourth-order valence-corrected chi connectivity index (χ4v) is 4.07. The van der Waals surface area contributed by atoms with Gasteiger partial charge in [0, 0.05) is 13.6 Å². The highest BCUT2D eigenvalue weighted by molar-refractivity contribution is 5.80. The van der Waals surface area contributed by atoms with E-state index in [0.29, 0.717) is 18.2 Å². The normalized spacial score (nSPS) is 26.6. The summed E-state index contributed by atoms with van der Waals surface area (Å²) in [6.07, 6.45) is 5.38. The number of hydrogen-bond donors (Lipinski definition) is 2. The van der Waals surface area contributed by atoms with Gasteiger partial charge >= 0.3 is 0 Å². The summed E-state index contributed by atoms with van der Waals surface area (Å²) in [6, 6.07) is 4.95. The molecule has 2 saturated heterocycles. The van der Waals surface area contributed by atoms with Gasteiger partial charge in [-0.3, -0.25) is 4.99 Å². The van der Waals surface area contributed by atoms with E-state index in [1.54, 1.807) is 0 Å². The van der Waals surface area contributed by atoms with E-state index < -0.39 is 0 Å². The highest BCUT2D eigenvalue weighted by Crippen LogP contribution is 2.34. The zero-order valence-corrected chi connectivity index (χ0v) is 14.8. The molecule has 0 amide bonds. The zero-order valence-electron chi connectivity index (χ0n) is 14.8. The molecule has 126 valence electrons. The minimum Gasteiger partial charge on any atom is -0.373 e. The third-order valence-corrected chi connectivity index (χ3v) is 5.16. The molecule has 3 atom stereocenters. The van der Waals surface area contributed by atoms with Crippen LogP contribution in [0.25, 0.3) is 0 Å². The molecular formula is C19H29N3O. The van der Waals surface area contributed by atoms with Gasteiger partial charge in [0.2, 0.25) is 0 Å². The molecular weight excluding hydrogens is 286 g/mol. The third-order valence-electron chi connectivity index (χ3n) is 5.16. The van der Waals surface area contributed by atoms with E-state index in [0.717, 1.165) is 25.3 Å². The summed E-state index contributed by atoms with van der Waals surface area (Å²) >= 11 is 0. The number of fused-ring (bicyclic) bond motifs is 2. The van der Waals surface area contributed by atoms with Gasteiger partial charge in [-0.2, -0.15) is 0 Å². The number of aliphatic imine (C=N–C) groups is 1. The summed E-state index contributed by atoms with van der Waals surface area (Å²) in [5.41, 5.74) is 5.55. The predicted molar refractivity (Wildman–Crippen MR) is 95.2 cm³/mol. The molecule has 2 aliphatic rings. The topological polar surface area (TPSA) is 45.7 Å². The Bertz CT molecular complexity index is 573. The SMILES string of the molecule is CN=C(NCCc1c(C)cc(C)cc1C)NC1CC2CCC1O2. The summed E-state index contributed by atoms with van der Waals surface area (Å²) in [4.78, 5) is 4.36. The van der Waals surface area contributed by atoms with Gasteiger partial charge in [-0.05, 0) is 63.1 Å². The van der Waals surface area contributed by atoms with E-state index in [9.17, 15) is 0 Å². The average molecular weight is 315 g/mol. The minimum absolute atomic E-state index is 0.375. The van der Waals surface area contributed by atoms with E-state index >= 15 is 0 Å². The van der Waals surface area contributed by atoms with Crippen LogP contribution in [0.3, 0.4) is 0 Å². The molecule has 4 nitrogen and oxygen atoms in total. The lowest BCUT2D eigenvalue weighted by Gasteiger charge is -2.23. The van der Waals surface area contributed by atoms with Crippen molar-refractivity contribution in [2.24, 2.45) is 4.99 Å². The fraction of sp³-hybridized carbons (Fsp3) is 0.632. The standard InChI is InChI=1S/C19H29N3O/c1-12-9-13(2)16(14(3)10-12)7-8-21-19(20-4)22-17-11-15-5-6-18(17)23-15/h9-10,15,17-18H,5-8,11H2,1-4H3,(H2,20,21,22). The van der Waals surface area contributed by atoms with Crippen LogP contribution in [0.15, 0.2) is 17.1 Å². The van der Waals surface area contributed by atoms with Crippen LogP contribution in [0.4, 0.5) is 0 Å². The zero-order chi connectivity index (χ0) is 16.4. The first kappa shape index (κ1) is 16.3. The predicted octanol–water partition coefficient (Wildman–Crippen LogP) is 2.64. The van der Waals surface area contributed by atoms with Crippen molar-refractivity contribution in [3.8, 4) is 0 Å². The van der Waals surface area contributed by atoms with E-state index in [2.05, 4.69) is 48.5 Å². The molecule has 2 fully saturated rings. The van der Waals surface area contributed by atoms with Gasteiger partial charge in [0.05, 0.1) is 18.2 Å². The first-order valence-electron chi connectivity index (χ1n) is 8.76. The Morgan fingerprint density at radius 1 is 1.22 bits per heavy atom. The second kappa shape index (κ2) is 6.91. The molecule has 2 N–H and O–H groups in total. The Labute approximate surface area is 139 Å². The van der Waals surface area contributed by atoms with E-state index in [4.69, 9.17) is 4.74 Å². The molecule has 1 aromatic rings. The molecule has 0 spiro atoms. The van der Waals surface area contributed by atoms with Crippen LogP contribution < -0.4 is 10.6 Å². The number of hydrogen-bond acceptors (Lipinski definition) is 2. The van der Waals surface area contributed by atoms with Crippen LogP contribution in [0, 0.1) is 20.8 Å². The minimum atomic E-state index is 0.375. The maximum atomic E-state index is 5.90. The lowest BCUT2D eigenvalue weighted by molar-refractivity contribution is 0.0992. The maximum absolute atomic E-state index is 5.90. The molecule has 4 heteroatoms. The third kappa shape index (κ3) is 3.69. The van der Waals surface area contributed by atoms with Crippen LogP contribution in [-0.4, -0.2) is 37.8 Å². The number of guanidine groups is 1. The quantitative estimate of drug-likeness (QED) is 0.663. The van der Waals surface area contributed by atoms with E-state index in [1.165, 1.54) is 35.1 Å². The van der Waals surface area contributed by atoms with Crippen LogP contribution in [0.5, 0.6) is 0 Å². The van der Waals surface area contributed by atoms with Gasteiger partial charge in [-0.1, -0.05) is 17.7 Å². The number of aryl methyl sites for hydroxylation is 3. The summed E-state index contributed by atoms with van der Waals surface area (Å²) in [5, 5.41) is 6.99. The largest absolute Gasteiger partial charge is 0.373 e.